The lowest BCUT2D eigenvalue weighted by Crippen LogP contribution is -2.33. The van der Waals surface area contributed by atoms with Crippen LogP contribution in [0.1, 0.15) is 37.0 Å². The number of hydrogen-bond donors (Lipinski definition) is 0. The summed E-state index contributed by atoms with van der Waals surface area (Å²) in [7, 11) is 0. The molecule has 0 amide bonds. The second-order valence-corrected chi connectivity index (χ2v) is 7.36. The molecule has 0 radical (unpaired) electrons. The lowest BCUT2D eigenvalue weighted by atomic mass is 9.89. The third-order valence-corrected chi connectivity index (χ3v) is 5.02. The maximum Gasteiger partial charge on any atom is 0.312 e. The summed E-state index contributed by atoms with van der Waals surface area (Å²) in [4.78, 5) is 16.9. The minimum absolute atomic E-state index is 0.241. The quantitative estimate of drug-likeness (QED) is 0.668. The van der Waals surface area contributed by atoms with Crippen molar-refractivity contribution >= 4 is 29.2 Å². The zero-order chi connectivity index (χ0) is 18.5. The SMILES string of the molecule is C[C@H](Cc1cccnc1)OC(=O)[C@@H]1CCCO[C@H]1c1ccc(Cl)cc1Cl. The monoisotopic (exact) mass is 393 g/mol. The zero-order valence-electron chi connectivity index (χ0n) is 14.5. The Morgan fingerprint density at radius 3 is 2.96 bits per heavy atom. The first-order chi connectivity index (χ1) is 12.5. The molecule has 1 fully saturated rings. The minimum atomic E-state index is -0.411. The van der Waals surface area contributed by atoms with E-state index in [9.17, 15) is 4.79 Å². The van der Waals surface area contributed by atoms with E-state index in [0.717, 1.165) is 17.5 Å². The normalized spacial score (nSPS) is 21.2. The van der Waals surface area contributed by atoms with Crippen molar-refractivity contribution in [3.63, 3.8) is 0 Å². The maximum atomic E-state index is 12.8. The molecule has 0 aliphatic carbocycles. The average Bonchev–Trinajstić information content (AvgIpc) is 2.62. The summed E-state index contributed by atoms with van der Waals surface area (Å²) in [5.41, 5.74) is 1.81. The second-order valence-electron chi connectivity index (χ2n) is 6.52. The van der Waals surface area contributed by atoms with Gasteiger partial charge >= 0.3 is 5.97 Å². The Hall–Kier alpha value is -1.62. The van der Waals surface area contributed by atoms with Crippen LogP contribution in [-0.4, -0.2) is 23.7 Å². The molecule has 1 saturated heterocycles. The van der Waals surface area contributed by atoms with Gasteiger partial charge in [0, 0.05) is 41.0 Å². The van der Waals surface area contributed by atoms with Gasteiger partial charge in [0.15, 0.2) is 0 Å². The van der Waals surface area contributed by atoms with Gasteiger partial charge in [0.05, 0.1) is 12.0 Å². The van der Waals surface area contributed by atoms with E-state index in [4.69, 9.17) is 32.7 Å². The highest BCUT2D eigenvalue weighted by Gasteiger charge is 2.36. The van der Waals surface area contributed by atoms with Crippen LogP contribution in [0.5, 0.6) is 0 Å². The van der Waals surface area contributed by atoms with Crippen molar-refractivity contribution in [1.29, 1.82) is 0 Å². The predicted molar refractivity (Wildman–Crippen MR) is 101 cm³/mol. The number of pyridine rings is 1. The lowest BCUT2D eigenvalue weighted by molar-refractivity contribution is -0.163. The van der Waals surface area contributed by atoms with E-state index in [0.29, 0.717) is 29.5 Å². The molecule has 2 aromatic rings. The number of rotatable bonds is 5. The number of nitrogens with zero attached hydrogens (tertiary/aromatic N) is 1. The molecule has 4 nitrogen and oxygen atoms in total. The van der Waals surface area contributed by atoms with Gasteiger partial charge in [-0.15, -0.1) is 0 Å². The molecule has 0 saturated carbocycles. The molecule has 3 atom stereocenters. The highest BCUT2D eigenvalue weighted by atomic mass is 35.5. The predicted octanol–water partition coefficient (Wildman–Crippen LogP) is 5.03. The number of hydrogen-bond acceptors (Lipinski definition) is 4. The maximum absolute atomic E-state index is 12.8. The molecular formula is C20H21Cl2NO3. The number of carbonyl (C=O) groups is 1. The second kappa shape index (κ2) is 8.85. The van der Waals surface area contributed by atoms with E-state index in [2.05, 4.69) is 4.98 Å². The van der Waals surface area contributed by atoms with Gasteiger partial charge in [0.1, 0.15) is 6.10 Å². The molecule has 6 heteroatoms. The Kier molecular flexibility index (Phi) is 6.52. The first kappa shape index (κ1) is 19.2. The van der Waals surface area contributed by atoms with Crippen molar-refractivity contribution in [3.05, 3.63) is 63.9 Å². The molecule has 0 N–H and O–H groups in total. The molecular weight excluding hydrogens is 373 g/mol. The van der Waals surface area contributed by atoms with Crippen molar-refractivity contribution in [1.82, 2.24) is 4.98 Å². The van der Waals surface area contributed by atoms with Gasteiger partial charge < -0.3 is 9.47 Å². The van der Waals surface area contributed by atoms with Crippen molar-refractivity contribution in [2.75, 3.05) is 6.61 Å². The largest absolute Gasteiger partial charge is 0.462 e. The van der Waals surface area contributed by atoms with Gasteiger partial charge in [-0.3, -0.25) is 9.78 Å². The van der Waals surface area contributed by atoms with E-state index in [1.54, 1.807) is 24.5 Å². The highest BCUT2D eigenvalue weighted by Crippen LogP contribution is 2.38. The number of aromatic nitrogens is 1. The fraction of sp³-hybridized carbons (Fsp3) is 0.400. The first-order valence-corrected chi connectivity index (χ1v) is 9.46. The van der Waals surface area contributed by atoms with E-state index in [-0.39, 0.29) is 18.0 Å². The summed E-state index contributed by atoms with van der Waals surface area (Å²) in [6.07, 6.45) is 5.01. The molecule has 1 aromatic heterocycles. The van der Waals surface area contributed by atoms with Crippen LogP contribution in [0.3, 0.4) is 0 Å². The van der Waals surface area contributed by atoms with Crippen LogP contribution in [0.4, 0.5) is 0 Å². The average molecular weight is 394 g/mol. The standard InChI is InChI=1S/C20H21Cl2NO3/c1-13(10-14-4-2-8-23-12-14)26-20(24)17-5-3-9-25-19(17)16-7-6-15(21)11-18(16)22/h2,4,6-8,11-13,17,19H,3,5,9-10H2,1H3/t13-,17-,19+/m1/s1. The van der Waals surface area contributed by atoms with E-state index in [1.165, 1.54) is 0 Å². The van der Waals surface area contributed by atoms with Gasteiger partial charge in [-0.1, -0.05) is 35.3 Å². The molecule has 1 aliphatic heterocycles. The fourth-order valence-corrected chi connectivity index (χ4v) is 3.76. The summed E-state index contributed by atoms with van der Waals surface area (Å²) in [5.74, 6) is -0.629. The van der Waals surface area contributed by atoms with Crippen molar-refractivity contribution in [2.24, 2.45) is 5.92 Å². The number of ether oxygens (including phenoxy) is 2. The molecule has 0 unspecified atom stereocenters. The third-order valence-electron chi connectivity index (χ3n) is 4.46. The Bertz CT molecular complexity index is 754. The molecule has 138 valence electrons. The van der Waals surface area contributed by atoms with Gasteiger partial charge in [0.2, 0.25) is 0 Å². The fourth-order valence-electron chi connectivity index (χ4n) is 3.24. The van der Waals surface area contributed by atoms with E-state index >= 15 is 0 Å². The van der Waals surface area contributed by atoms with Gasteiger partial charge in [-0.05, 0) is 43.5 Å². The van der Waals surface area contributed by atoms with Gasteiger partial charge in [0.25, 0.3) is 0 Å². The van der Waals surface area contributed by atoms with Crippen molar-refractivity contribution in [3.8, 4) is 0 Å². The van der Waals surface area contributed by atoms with Crippen molar-refractivity contribution < 1.29 is 14.3 Å². The number of esters is 1. The number of benzene rings is 1. The summed E-state index contributed by atoms with van der Waals surface area (Å²) in [6, 6.07) is 9.09. The van der Waals surface area contributed by atoms with Gasteiger partial charge in [-0.2, -0.15) is 0 Å². The smallest absolute Gasteiger partial charge is 0.312 e. The Morgan fingerprint density at radius 2 is 2.23 bits per heavy atom. The molecule has 0 bridgehead atoms. The topological polar surface area (TPSA) is 48.4 Å². The van der Waals surface area contributed by atoms with Gasteiger partial charge in [-0.25, -0.2) is 0 Å². The summed E-state index contributed by atoms with van der Waals surface area (Å²) >= 11 is 12.3. The minimum Gasteiger partial charge on any atom is -0.462 e. The molecule has 2 heterocycles. The molecule has 1 aliphatic rings. The van der Waals surface area contributed by atoms with Crippen LogP contribution >= 0.6 is 23.2 Å². The zero-order valence-corrected chi connectivity index (χ0v) is 16.0. The van der Waals surface area contributed by atoms with E-state index < -0.39 is 6.10 Å². The summed E-state index contributed by atoms with van der Waals surface area (Å²) in [6.45, 7) is 2.48. The Labute approximate surface area is 163 Å². The van der Waals surface area contributed by atoms with Crippen LogP contribution in [0.2, 0.25) is 10.0 Å². The van der Waals surface area contributed by atoms with Crippen LogP contribution < -0.4 is 0 Å². The molecule has 0 spiro atoms. The van der Waals surface area contributed by atoms with Crippen LogP contribution in [0, 0.1) is 5.92 Å². The number of halogens is 2. The Morgan fingerprint density at radius 1 is 1.38 bits per heavy atom. The lowest BCUT2D eigenvalue weighted by Gasteiger charge is -2.32. The molecule has 1 aromatic carbocycles. The third kappa shape index (κ3) is 4.76. The Balaban J connectivity index is 1.69. The molecule has 26 heavy (non-hydrogen) atoms. The van der Waals surface area contributed by atoms with Crippen LogP contribution in [0.25, 0.3) is 0 Å². The van der Waals surface area contributed by atoms with Crippen LogP contribution in [-0.2, 0) is 20.7 Å². The summed E-state index contributed by atoms with van der Waals surface area (Å²) < 4.78 is 11.6. The van der Waals surface area contributed by atoms with Crippen LogP contribution in [0.15, 0.2) is 42.7 Å². The molecule has 3 rings (SSSR count). The summed E-state index contributed by atoms with van der Waals surface area (Å²) in [5, 5.41) is 1.06. The van der Waals surface area contributed by atoms with E-state index in [1.807, 2.05) is 25.1 Å². The highest BCUT2D eigenvalue weighted by molar-refractivity contribution is 6.35. The van der Waals surface area contributed by atoms with Crippen molar-refractivity contribution in [2.45, 2.75) is 38.4 Å². The first-order valence-electron chi connectivity index (χ1n) is 8.70. The number of carbonyl (C=O) groups excluding carboxylic acids is 1.